The molecule has 10 nitrogen and oxygen atoms in total. The van der Waals surface area contributed by atoms with Gasteiger partial charge < -0.3 is 39.4 Å². The number of aliphatic hydroxyl groups excluding tert-OH is 4. The number of carbonyl (C=O) groups excluding carboxylic acids is 2. The lowest BCUT2D eigenvalue weighted by molar-refractivity contribution is -0.305. The van der Waals surface area contributed by atoms with Crippen LogP contribution in [0.3, 0.4) is 0 Å². The average molecular weight is 841 g/mol. The van der Waals surface area contributed by atoms with Crippen LogP contribution in [0.15, 0.2) is 12.2 Å². The highest BCUT2D eigenvalue weighted by Crippen LogP contribution is 2.23. The van der Waals surface area contributed by atoms with E-state index in [0.717, 1.165) is 44.9 Å². The predicted molar refractivity (Wildman–Crippen MR) is 238 cm³/mol. The van der Waals surface area contributed by atoms with Crippen LogP contribution in [0.25, 0.3) is 0 Å². The van der Waals surface area contributed by atoms with E-state index in [9.17, 15) is 30.0 Å². The Bertz CT molecular complexity index is 974. The Kier molecular flexibility index (Phi) is 38.1. The van der Waals surface area contributed by atoms with Crippen LogP contribution in [0, 0.1) is 0 Å². The van der Waals surface area contributed by atoms with Crippen molar-refractivity contribution >= 4 is 11.9 Å². The van der Waals surface area contributed by atoms with Gasteiger partial charge in [0.25, 0.3) is 0 Å². The molecule has 0 aromatic heterocycles. The molecule has 6 atom stereocenters. The Morgan fingerprint density at radius 1 is 0.508 bits per heavy atom. The zero-order valence-electron chi connectivity index (χ0n) is 38.0. The second kappa shape index (κ2) is 40.5. The highest BCUT2D eigenvalue weighted by Gasteiger charge is 2.44. The van der Waals surface area contributed by atoms with Gasteiger partial charge in [0.1, 0.15) is 31.0 Å². The molecule has 0 spiro atoms. The van der Waals surface area contributed by atoms with Gasteiger partial charge in [-0.1, -0.05) is 193 Å². The first kappa shape index (κ1) is 55.5. The third kappa shape index (κ3) is 31.9. The molecule has 0 aromatic carbocycles. The van der Waals surface area contributed by atoms with Crippen molar-refractivity contribution in [3.05, 3.63) is 12.2 Å². The van der Waals surface area contributed by atoms with Gasteiger partial charge in [0.2, 0.25) is 0 Å². The van der Waals surface area contributed by atoms with Gasteiger partial charge in [-0.3, -0.25) is 9.59 Å². The van der Waals surface area contributed by atoms with Crippen LogP contribution in [-0.4, -0.2) is 89.0 Å². The van der Waals surface area contributed by atoms with Gasteiger partial charge in [0.15, 0.2) is 12.4 Å². The van der Waals surface area contributed by atoms with E-state index >= 15 is 0 Å². The summed E-state index contributed by atoms with van der Waals surface area (Å²) in [4.78, 5) is 25.4. The first-order chi connectivity index (χ1) is 28.8. The van der Waals surface area contributed by atoms with Crippen LogP contribution in [0.4, 0.5) is 0 Å². The maximum atomic E-state index is 12.8. The van der Waals surface area contributed by atoms with Gasteiger partial charge in [0, 0.05) is 12.8 Å². The lowest BCUT2D eigenvalue weighted by atomic mass is 9.99. The van der Waals surface area contributed by atoms with E-state index in [4.69, 9.17) is 18.9 Å². The maximum Gasteiger partial charge on any atom is 0.306 e. The second-order valence-electron chi connectivity index (χ2n) is 17.3. The summed E-state index contributed by atoms with van der Waals surface area (Å²) in [5, 5.41) is 40.1. The number of rotatable bonds is 42. The maximum absolute atomic E-state index is 12.8. The molecule has 1 aliphatic rings. The highest BCUT2D eigenvalue weighted by atomic mass is 16.7. The molecule has 1 saturated heterocycles. The second-order valence-corrected chi connectivity index (χ2v) is 17.3. The van der Waals surface area contributed by atoms with Crippen molar-refractivity contribution in [1.29, 1.82) is 0 Å². The monoisotopic (exact) mass is 841 g/mol. The Morgan fingerprint density at radius 2 is 0.898 bits per heavy atom. The molecule has 10 heteroatoms. The summed E-state index contributed by atoms with van der Waals surface area (Å²) in [6.45, 7) is 3.44. The van der Waals surface area contributed by atoms with Gasteiger partial charge in [-0.05, 0) is 38.5 Å². The van der Waals surface area contributed by atoms with Crippen LogP contribution in [-0.2, 0) is 28.5 Å². The van der Waals surface area contributed by atoms with Crippen molar-refractivity contribution in [3.63, 3.8) is 0 Å². The lowest BCUT2D eigenvalue weighted by Gasteiger charge is -2.39. The smallest absolute Gasteiger partial charge is 0.306 e. The van der Waals surface area contributed by atoms with E-state index < -0.39 is 49.4 Å². The molecule has 59 heavy (non-hydrogen) atoms. The number of hydrogen-bond donors (Lipinski definition) is 4. The van der Waals surface area contributed by atoms with Gasteiger partial charge in [-0.15, -0.1) is 0 Å². The molecule has 2 unspecified atom stereocenters. The quantitative estimate of drug-likeness (QED) is 0.0265. The molecule has 0 aromatic rings. The van der Waals surface area contributed by atoms with Crippen molar-refractivity contribution < 1.29 is 49.0 Å². The third-order valence-corrected chi connectivity index (χ3v) is 11.7. The molecular weight excluding hydrogens is 749 g/mol. The normalized spacial score (nSPS) is 20.0. The molecule has 1 rings (SSSR count). The average Bonchev–Trinajstić information content (AvgIpc) is 3.23. The van der Waals surface area contributed by atoms with Gasteiger partial charge in [0.05, 0.1) is 13.2 Å². The summed E-state index contributed by atoms with van der Waals surface area (Å²) in [5.74, 6) is -0.811. The number of hydrogen-bond acceptors (Lipinski definition) is 10. The SMILES string of the molecule is CCCCCCCCCC/C=C/CCCCCC(=O)OC[C@H](CO[C@@H]1O[C@H](CO)[C@H](O)C(O)C1O)OC(=O)CCCCCCCCCCCCCCCCCCCCC. The first-order valence-corrected chi connectivity index (χ1v) is 24.8. The standard InChI is InChI=1S/C49H92O10/c1-3-5-7-9-11-13-15-17-19-20-21-22-24-26-28-30-32-34-36-38-45(52)58-42(41-57-49-48(55)47(54)46(53)43(39-50)59-49)40-56-44(51)37-35-33-31-29-27-25-23-18-16-14-12-10-8-6-4-2/h25,27,42-43,46-50,53-55H,3-24,26,28-41H2,1-2H3/b27-25+/t42-,43-,46+,47?,48?,49-/m1/s1. The molecule has 0 bridgehead atoms. The summed E-state index contributed by atoms with van der Waals surface area (Å²) < 4.78 is 22.2. The number of aliphatic hydroxyl groups is 4. The third-order valence-electron chi connectivity index (χ3n) is 11.7. The molecule has 0 radical (unpaired) electrons. The Hall–Kier alpha value is -1.56. The van der Waals surface area contributed by atoms with E-state index in [1.165, 1.54) is 148 Å². The number of ether oxygens (including phenoxy) is 4. The van der Waals surface area contributed by atoms with E-state index in [0.29, 0.717) is 12.8 Å². The summed E-state index contributed by atoms with van der Waals surface area (Å²) >= 11 is 0. The highest BCUT2D eigenvalue weighted by molar-refractivity contribution is 5.70. The number of carbonyl (C=O) groups is 2. The summed E-state index contributed by atoms with van der Waals surface area (Å²) in [6, 6.07) is 0. The number of allylic oxidation sites excluding steroid dienone is 2. The van der Waals surface area contributed by atoms with Crippen molar-refractivity contribution in [2.75, 3.05) is 19.8 Å². The van der Waals surface area contributed by atoms with Gasteiger partial charge in [-0.25, -0.2) is 0 Å². The van der Waals surface area contributed by atoms with Crippen molar-refractivity contribution in [1.82, 2.24) is 0 Å². The minimum atomic E-state index is -1.59. The van der Waals surface area contributed by atoms with E-state index in [-0.39, 0.29) is 32.0 Å². The Balaban J connectivity index is 2.27. The van der Waals surface area contributed by atoms with Crippen LogP contribution in [0.2, 0.25) is 0 Å². The lowest BCUT2D eigenvalue weighted by Crippen LogP contribution is -2.59. The van der Waals surface area contributed by atoms with Crippen molar-refractivity contribution in [2.45, 2.75) is 269 Å². The predicted octanol–water partition coefficient (Wildman–Crippen LogP) is 11.1. The fourth-order valence-corrected chi connectivity index (χ4v) is 7.71. The molecule has 0 saturated carbocycles. The molecule has 1 fully saturated rings. The van der Waals surface area contributed by atoms with Crippen molar-refractivity contribution in [2.24, 2.45) is 0 Å². The fourth-order valence-electron chi connectivity index (χ4n) is 7.71. The molecule has 1 heterocycles. The minimum absolute atomic E-state index is 0.220. The van der Waals surface area contributed by atoms with Crippen LogP contribution < -0.4 is 0 Å². The molecule has 1 aliphatic heterocycles. The summed E-state index contributed by atoms with van der Waals surface area (Å²) in [5.41, 5.74) is 0. The zero-order chi connectivity index (χ0) is 43.0. The zero-order valence-corrected chi connectivity index (χ0v) is 38.0. The van der Waals surface area contributed by atoms with Crippen LogP contribution in [0.5, 0.6) is 0 Å². The fraction of sp³-hybridized carbons (Fsp3) is 0.918. The van der Waals surface area contributed by atoms with Gasteiger partial charge in [-0.2, -0.15) is 0 Å². The summed E-state index contributed by atoms with van der Waals surface area (Å²) in [6.07, 6.45) is 36.5. The topological polar surface area (TPSA) is 152 Å². The van der Waals surface area contributed by atoms with Crippen LogP contribution in [0.1, 0.15) is 232 Å². The largest absolute Gasteiger partial charge is 0.462 e. The van der Waals surface area contributed by atoms with Crippen molar-refractivity contribution in [3.8, 4) is 0 Å². The Morgan fingerprint density at radius 3 is 1.34 bits per heavy atom. The first-order valence-electron chi connectivity index (χ1n) is 24.8. The number of unbranched alkanes of at least 4 members (excludes halogenated alkanes) is 29. The summed E-state index contributed by atoms with van der Waals surface area (Å²) in [7, 11) is 0. The van der Waals surface area contributed by atoms with E-state index in [2.05, 4.69) is 26.0 Å². The molecule has 4 N–H and O–H groups in total. The van der Waals surface area contributed by atoms with E-state index in [1.54, 1.807) is 0 Å². The molecule has 348 valence electrons. The number of esters is 2. The van der Waals surface area contributed by atoms with Gasteiger partial charge >= 0.3 is 11.9 Å². The minimum Gasteiger partial charge on any atom is -0.462 e. The molecular formula is C49H92O10. The molecule has 0 aliphatic carbocycles. The van der Waals surface area contributed by atoms with E-state index in [1.807, 2.05) is 0 Å². The Labute approximate surface area is 361 Å². The van der Waals surface area contributed by atoms with Crippen LogP contribution >= 0.6 is 0 Å². The molecule has 0 amide bonds.